The normalized spacial score (nSPS) is 10.4. The molecular formula is C13H9Cl2NO2S. The first-order valence-electron chi connectivity index (χ1n) is 5.37. The Hall–Kier alpha value is -1.23. The standard InChI is InChI=1S/C13H9Cl2NO2S/c14-10-2-5-12(6-3-10)19-8-9-1-4-11(16(17)18)7-13(9)15/h1-7H,8H2. The van der Waals surface area contributed by atoms with Crippen LogP contribution in [-0.2, 0) is 5.75 Å². The fourth-order valence-electron chi connectivity index (χ4n) is 1.46. The van der Waals surface area contributed by atoms with Gasteiger partial charge in [-0.2, -0.15) is 0 Å². The summed E-state index contributed by atoms with van der Waals surface area (Å²) in [5.74, 6) is 0.651. The van der Waals surface area contributed by atoms with Crippen molar-refractivity contribution in [3.63, 3.8) is 0 Å². The number of nitro benzene ring substituents is 1. The second-order valence-corrected chi connectivity index (χ2v) is 5.67. The maximum atomic E-state index is 10.6. The Morgan fingerprint density at radius 2 is 1.79 bits per heavy atom. The van der Waals surface area contributed by atoms with E-state index in [1.54, 1.807) is 17.8 Å². The van der Waals surface area contributed by atoms with Crippen molar-refractivity contribution in [2.24, 2.45) is 0 Å². The molecule has 0 amide bonds. The van der Waals surface area contributed by atoms with Crippen LogP contribution < -0.4 is 0 Å². The van der Waals surface area contributed by atoms with E-state index in [1.807, 2.05) is 24.3 Å². The smallest absolute Gasteiger partial charge is 0.258 e. The van der Waals surface area contributed by atoms with Crippen LogP contribution in [0.25, 0.3) is 0 Å². The number of rotatable bonds is 4. The van der Waals surface area contributed by atoms with Gasteiger partial charge in [0.2, 0.25) is 0 Å². The molecule has 0 atom stereocenters. The minimum atomic E-state index is -0.456. The molecule has 6 heteroatoms. The summed E-state index contributed by atoms with van der Waals surface area (Å²) in [6, 6.07) is 12.0. The lowest BCUT2D eigenvalue weighted by molar-refractivity contribution is -0.384. The lowest BCUT2D eigenvalue weighted by Gasteiger charge is -2.04. The molecule has 98 valence electrons. The summed E-state index contributed by atoms with van der Waals surface area (Å²) in [7, 11) is 0. The Bertz CT molecular complexity index is 602. The lowest BCUT2D eigenvalue weighted by atomic mass is 10.2. The van der Waals surface area contributed by atoms with Gasteiger partial charge in [0.1, 0.15) is 0 Å². The Labute approximate surface area is 124 Å². The molecule has 2 rings (SSSR count). The highest BCUT2D eigenvalue weighted by Crippen LogP contribution is 2.29. The molecule has 0 bridgehead atoms. The molecule has 3 nitrogen and oxygen atoms in total. The number of thioether (sulfide) groups is 1. The third kappa shape index (κ3) is 3.86. The maximum absolute atomic E-state index is 10.6. The Kier molecular flexibility index (Phi) is 4.69. The SMILES string of the molecule is O=[N+]([O-])c1ccc(CSc2ccc(Cl)cc2)c(Cl)c1. The van der Waals surface area contributed by atoms with E-state index in [1.165, 1.54) is 12.1 Å². The van der Waals surface area contributed by atoms with E-state index < -0.39 is 4.92 Å². The molecule has 2 aromatic rings. The van der Waals surface area contributed by atoms with Crippen molar-refractivity contribution in [1.29, 1.82) is 0 Å². The predicted octanol–water partition coefficient (Wildman–Crippen LogP) is 5.19. The van der Waals surface area contributed by atoms with Crippen LogP contribution in [0.4, 0.5) is 5.69 Å². The summed E-state index contributed by atoms with van der Waals surface area (Å²) >= 11 is 13.4. The van der Waals surface area contributed by atoms with Crippen LogP contribution in [0.15, 0.2) is 47.4 Å². The van der Waals surface area contributed by atoms with Gasteiger partial charge in [-0.15, -0.1) is 11.8 Å². The molecule has 0 aromatic heterocycles. The van der Waals surface area contributed by atoms with E-state index >= 15 is 0 Å². The molecule has 0 unspecified atom stereocenters. The van der Waals surface area contributed by atoms with E-state index in [-0.39, 0.29) is 5.69 Å². The molecule has 0 aliphatic rings. The summed E-state index contributed by atoms with van der Waals surface area (Å²) < 4.78 is 0. The lowest BCUT2D eigenvalue weighted by Crippen LogP contribution is -1.90. The number of non-ortho nitro benzene ring substituents is 1. The number of nitro groups is 1. The number of nitrogens with zero attached hydrogens (tertiary/aromatic N) is 1. The van der Waals surface area contributed by atoms with Gasteiger partial charge in [0.25, 0.3) is 5.69 Å². The molecule has 2 aromatic carbocycles. The summed E-state index contributed by atoms with van der Waals surface area (Å²) in [5, 5.41) is 11.7. The quantitative estimate of drug-likeness (QED) is 0.443. The monoisotopic (exact) mass is 313 g/mol. The first-order chi connectivity index (χ1) is 9.06. The highest BCUT2D eigenvalue weighted by Gasteiger charge is 2.09. The van der Waals surface area contributed by atoms with Crippen LogP contribution in [0.3, 0.4) is 0 Å². The van der Waals surface area contributed by atoms with Crippen molar-refractivity contribution in [2.45, 2.75) is 10.6 Å². The average Bonchev–Trinajstić information content (AvgIpc) is 2.39. The molecule has 19 heavy (non-hydrogen) atoms. The number of hydrogen-bond donors (Lipinski definition) is 0. The Morgan fingerprint density at radius 1 is 1.11 bits per heavy atom. The first kappa shape index (κ1) is 14.2. The van der Waals surface area contributed by atoms with Gasteiger partial charge in [0.05, 0.1) is 9.95 Å². The van der Waals surface area contributed by atoms with E-state index in [4.69, 9.17) is 23.2 Å². The number of halogens is 2. The zero-order chi connectivity index (χ0) is 13.8. The summed E-state index contributed by atoms with van der Waals surface area (Å²) in [4.78, 5) is 11.2. The molecule has 0 fully saturated rings. The van der Waals surface area contributed by atoms with Gasteiger partial charge in [-0.05, 0) is 35.9 Å². The summed E-state index contributed by atoms with van der Waals surface area (Å²) in [6.07, 6.45) is 0. The van der Waals surface area contributed by atoms with Crippen molar-refractivity contribution in [2.75, 3.05) is 0 Å². The zero-order valence-electron chi connectivity index (χ0n) is 9.68. The van der Waals surface area contributed by atoms with Gasteiger partial charge >= 0.3 is 0 Å². The molecule has 0 radical (unpaired) electrons. The highest BCUT2D eigenvalue weighted by molar-refractivity contribution is 7.98. The van der Waals surface area contributed by atoms with E-state index in [9.17, 15) is 10.1 Å². The number of hydrogen-bond acceptors (Lipinski definition) is 3. The molecule has 0 heterocycles. The molecule has 0 saturated carbocycles. The summed E-state index contributed by atoms with van der Waals surface area (Å²) in [6.45, 7) is 0. The largest absolute Gasteiger partial charge is 0.270 e. The van der Waals surface area contributed by atoms with Crippen LogP contribution in [-0.4, -0.2) is 4.92 Å². The Morgan fingerprint density at radius 3 is 2.37 bits per heavy atom. The van der Waals surface area contributed by atoms with Crippen molar-refractivity contribution < 1.29 is 4.92 Å². The predicted molar refractivity (Wildman–Crippen MR) is 79.1 cm³/mol. The third-order valence-corrected chi connectivity index (χ3v) is 4.12. The van der Waals surface area contributed by atoms with Crippen molar-refractivity contribution in [3.8, 4) is 0 Å². The van der Waals surface area contributed by atoms with Crippen molar-refractivity contribution >= 4 is 40.7 Å². The van der Waals surface area contributed by atoms with Gasteiger partial charge in [0.15, 0.2) is 0 Å². The highest BCUT2D eigenvalue weighted by atomic mass is 35.5. The van der Waals surface area contributed by atoms with Gasteiger partial charge in [-0.25, -0.2) is 0 Å². The van der Waals surface area contributed by atoms with Crippen LogP contribution in [0.5, 0.6) is 0 Å². The van der Waals surface area contributed by atoms with Crippen molar-refractivity contribution in [1.82, 2.24) is 0 Å². The molecule has 0 aliphatic carbocycles. The molecule has 0 spiro atoms. The molecular weight excluding hydrogens is 305 g/mol. The van der Waals surface area contributed by atoms with Crippen molar-refractivity contribution in [3.05, 3.63) is 68.2 Å². The van der Waals surface area contributed by atoms with Gasteiger partial charge in [-0.3, -0.25) is 10.1 Å². The summed E-state index contributed by atoms with van der Waals surface area (Å²) in [5.41, 5.74) is 0.873. The fraction of sp³-hybridized carbons (Fsp3) is 0.0769. The minimum absolute atomic E-state index is 0.00485. The molecule has 0 aliphatic heterocycles. The maximum Gasteiger partial charge on any atom is 0.270 e. The van der Waals surface area contributed by atoms with Gasteiger partial charge in [-0.1, -0.05) is 23.2 Å². The van der Waals surface area contributed by atoms with Crippen LogP contribution in [0.2, 0.25) is 10.0 Å². The minimum Gasteiger partial charge on any atom is -0.258 e. The average molecular weight is 314 g/mol. The fourth-order valence-corrected chi connectivity index (χ4v) is 2.81. The van der Waals surface area contributed by atoms with Crippen LogP contribution in [0, 0.1) is 10.1 Å². The van der Waals surface area contributed by atoms with Crippen LogP contribution >= 0.6 is 35.0 Å². The second kappa shape index (κ2) is 6.28. The molecule has 0 N–H and O–H groups in total. The zero-order valence-corrected chi connectivity index (χ0v) is 12.0. The van der Waals surface area contributed by atoms with Gasteiger partial charge in [0, 0.05) is 27.8 Å². The second-order valence-electron chi connectivity index (χ2n) is 3.78. The third-order valence-electron chi connectivity index (χ3n) is 2.46. The Balaban J connectivity index is 2.07. The van der Waals surface area contributed by atoms with E-state index in [0.717, 1.165) is 10.5 Å². The first-order valence-corrected chi connectivity index (χ1v) is 7.11. The van der Waals surface area contributed by atoms with Crippen LogP contribution in [0.1, 0.15) is 5.56 Å². The van der Waals surface area contributed by atoms with E-state index in [2.05, 4.69) is 0 Å². The molecule has 0 saturated heterocycles. The topological polar surface area (TPSA) is 43.1 Å². The van der Waals surface area contributed by atoms with Gasteiger partial charge < -0.3 is 0 Å². The number of benzene rings is 2. The van der Waals surface area contributed by atoms with E-state index in [0.29, 0.717) is 15.8 Å².